The van der Waals surface area contributed by atoms with Crippen LogP contribution >= 0.6 is 0 Å². The number of ether oxygens (including phenoxy) is 1. The predicted octanol–water partition coefficient (Wildman–Crippen LogP) is 1.38. The Morgan fingerprint density at radius 2 is 2.00 bits per heavy atom. The van der Waals surface area contributed by atoms with Gasteiger partial charge in [0.2, 0.25) is 6.10 Å². The van der Waals surface area contributed by atoms with Gasteiger partial charge in [0.25, 0.3) is 0 Å². The van der Waals surface area contributed by atoms with E-state index in [1.807, 2.05) is 0 Å². The van der Waals surface area contributed by atoms with E-state index in [0.717, 1.165) is 0 Å². The van der Waals surface area contributed by atoms with Gasteiger partial charge in [0.05, 0.1) is 13.7 Å². The lowest BCUT2D eigenvalue weighted by Crippen LogP contribution is -2.26. The molecule has 0 aromatic rings. The molecule has 0 heterocycles. The average Bonchev–Trinajstić information content (AvgIpc) is 2.11. The molecule has 0 fully saturated rings. The fourth-order valence-electron chi connectivity index (χ4n) is 0.718. The highest BCUT2D eigenvalue weighted by Crippen LogP contribution is 2.00. The monoisotopic (exact) mass is 230 g/mol. The van der Waals surface area contributed by atoms with Gasteiger partial charge in [-0.15, -0.1) is 5.54 Å². The molecule has 0 aliphatic rings. The molecule has 0 spiro atoms. The van der Waals surface area contributed by atoms with E-state index < -0.39 is 20.1 Å². The molecule has 0 aromatic heterocycles. The van der Waals surface area contributed by atoms with Crippen LogP contribution in [0.15, 0.2) is 0 Å². The van der Waals surface area contributed by atoms with E-state index in [9.17, 15) is 4.79 Å². The predicted molar refractivity (Wildman–Crippen MR) is 59.6 cm³/mol. The smallest absolute Gasteiger partial charge is 0.351 e. The van der Waals surface area contributed by atoms with Gasteiger partial charge in [0.1, 0.15) is 8.07 Å². The molecule has 86 valence electrons. The third kappa shape index (κ3) is 7.14. The molecule has 4 nitrogen and oxygen atoms in total. The minimum absolute atomic E-state index is 0.303. The van der Waals surface area contributed by atoms with Gasteiger partial charge < -0.3 is 4.74 Å². The lowest BCUT2D eigenvalue weighted by atomic mass is 10.4. The van der Waals surface area contributed by atoms with E-state index in [-0.39, 0.29) is 0 Å². The molecular weight excluding hydrogens is 212 g/mol. The zero-order chi connectivity index (χ0) is 11.9. The second-order valence-electron chi connectivity index (χ2n) is 3.91. The molecular formula is C10H18O4Si. The number of hydrogen-bond donors (Lipinski definition) is 0. The van der Waals surface area contributed by atoms with Crippen molar-refractivity contribution in [2.75, 3.05) is 13.7 Å². The molecule has 0 rings (SSSR count). The molecule has 0 saturated carbocycles. The molecule has 0 aliphatic carbocycles. The summed E-state index contributed by atoms with van der Waals surface area (Å²) in [7, 11) is -0.187. The number of rotatable bonds is 4. The zero-order valence-electron chi connectivity index (χ0n) is 9.92. The Morgan fingerprint density at radius 3 is 2.40 bits per heavy atom. The van der Waals surface area contributed by atoms with Crippen LogP contribution in [0.25, 0.3) is 0 Å². The zero-order valence-corrected chi connectivity index (χ0v) is 10.9. The number of hydrogen-bond acceptors (Lipinski definition) is 4. The van der Waals surface area contributed by atoms with E-state index in [1.54, 1.807) is 6.92 Å². The van der Waals surface area contributed by atoms with Crippen LogP contribution in [-0.2, 0) is 19.3 Å². The molecule has 1 atom stereocenters. The Hall–Kier alpha value is -0.833. The second-order valence-corrected chi connectivity index (χ2v) is 8.66. The summed E-state index contributed by atoms with van der Waals surface area (Å²) in [5, 5.41) is 0. The summed E-state index contributed by atoms with van der Waals surface area (Å²) in [6.07, 6.45) is -0.943. The van der Waals surface area contributed by atoms with Crippen LogP contribution < -0.4 is 0 Å². The van der Waals surface area contributed by atoms with Gasteiger partial charge in [-0.1, -0.05) is 25.6 Å². The molecule has 15 heavy (non-hydrogen) atoms. The maximum absolute atomic E-state index is 11.3. The molecule has 0 amide bonds. The Morgan fingerprint density at radius 1 is 1.40 bits per heavy atom. The number of carbonyl (C=O) groups is 1. The Labute approximate surface area is 91.8 Å². The number of carbonyl (C=O) groups excluding carboxylic acids is 1. The molecule has 0 aromatic carbocycles. The minimum Gasteiger partial charge on any atom is -0.463 e. The minimum atomic E-state index is -1.52. The van der Waals surface area contributed by atoms with Gasteiger partial charge in [-0.05, 0) is 6.92 Å². The third-order valence-corrected chi connectivity index (χ3v) is 2.17. The van der Waals surface area contributed by atoms with Gasteiger partial charge in [-0.3, -0.25) is 0 Å². The Kier molecular flexibility index (Phi) is 6.25. The molecule has 0 aliphatic heterocycles. The second kappa shape index (κ2) is 6.61. The van der Waals surface area contributed by atoms with E-state index in [2.05, 4.69) is 36.0 Å². The first-order valence-electron chi connectivity index (χ1n) is 4.79. The van der Waals surface area contributed by atoms with Crippen molar-refractivity contribution in [2.24, 2.45) is 0 Å². The summed E-state index contributed by atoms with van der Waals surface area (Å²) in [5.41, 5.74) is 3.03. The van der Waals surface area contributed by atoms with Gasteiger partial charge in [-0.2, -0.15) is 0 Å². The largest absolute Gasteiger partial charge is 0.463 e. The first-order chi connectivity index (χ1) is 6.90. The van der Waals surface area contributed by atoms with Crippen molar-refractivity contribution in [1.82, 2.24) is 0 Å². The topological polar surface area (TPSA) is 44.8 Å². The molecule has 0 N–H and O–H groups in total. The van der Waals surface area contributed by atoms with Crippen LogP contribution in [0.1, 0.15) is 6.92 Å². The van der Waals surface area contributed by atoms with Gasteiger partial charge >= 0.3 is 5.97 Å². The number of esters is 1. The highest BCUT2D eigenvalue weighted by Gasteiger charge is 2.19. The van der Waals surface area contributed by atoms with Crippen molar-refractivity contribution in [2.45, 2.75) is 32.7 Å². The fourth-order valence-corrected chi connectivity index (χ4v) is 1.28. The summed E-state index contributed by atoms with van der Waals surface area (Å²) < 4.78 is 4.79. The molecule has 0 bridgehead atoms. The lowest BCUT2D eigenvalue weighted by Gasteiger charge is -2.09. The molecule has 0 radical (unpaired) electrons. The van der Waals surface area contributed by atoms with Crippen molar-refractivity contribution in [3.8, 4) is 11.5 Å². The van der Waals surface area contributed by atoms with Crippen LogP contribution in [-0.4, -0.2) is 33.9 Å². The van der Waals surface area contributed by atoms with Crippen molar-refractivity contribution < 1.29 is 19.3 Å². The molecule has 5 heteroatoms. The average molecular weight is 230 g/mol. The maximum Gasteiger partial charge on any atom is 0.351 e. The van der Waals surface area contributed by atoms with E-state index >= 15 is 0 Å². The summed E-state index contributed by atoms with van der Waals surface area (Å²) in [6.45, 7) is 8.27. The Balaban J connectivity index is 4.51. The lowest BCUT2D eigenvalue weighted by molar-refractivity contribution is -0.289. The van der Waals surface area contributed by atoms with Crippen molar-refractivity contribution in [3.05, 3.63) is 0 Å². The third-order valence-electron chi connectivity index (χ3n) is 1.27. The van der Waals surface area contributed by atoms with Crippen LogP contribution in [0, 0.1) is 11.5 Å². The molecule has 0 saturated heterocycles. The van der Waals surface area contributed by atoms with Crippen LogP contribution in [0.3, 0.4) is 0 Å². The summed E-state index contributed by atoms with van der Waals surface area (Å²) in [5.74, 6) is 2.23. The normalized spacial score (nSPS) is 12.6. The summed E-state index contributed by atoms with van der Waals surface area (Å²) >= 11 is 0. The van der Waals surface area contributed by atoms with Crippen molar-refractivity contribution in [1.29, 1.82) is 0 Å². The quantitative estimate of drug-likeness (QED) is 0.241. The molecule has 1 unspecified atom stereocenters. The van der Waals surface area contributed by atoms with Gasteiger partial charge in [0.15, 0.2) is 0 Å². The van der Waals surface area contributed by atoms with Crippen LogP contribution in [0.4, 0.5) is 0 Å². The van der Waals surface area contributed by atoms with E-state index in [4.69, 9.17) is 9.62 Å². The standard InChI is InChI=1S/C10H18O4Si/c1-6-13-10(11)9(14-12-2)7-8-15(3,4)5/h9H,6H2,1-5H3. The highest BCUT2D eigenvalue weighted by molar-refractivity contribution is 6.83. The van der Waals surface area contributed by atoms with E-state index in [0.29, 0.717) is 6.61 Å². The Bertz CT molecular complexity index is 259. The highest BCUT2D eigenvalue weighted by atomic mass is 28.3. The van der Waals surface area contributed by atoms with Crippen LogP contribution in [0.5, 0.6) is 0 Å². The van der Waals surface area contributed by atoms with Crippen LogP contribution in [0.2, 0.25) is 19.6 Å². The maximum atomic E-state index is 11.3. The first kappa shape index (κ1) is 14.2. The SMILES string of the molecule is CCOC(=O)C(C#C[Si](C)(C)C)OOC. The summed E-state index contributed by atoms with van der Waals surface area (Å²) in [4.78, 5) is 20.5. The first-order valence-corrected chi connectivity index (χ1v) is 8.29. The summed E-state index contributed by atoms with van der Waals surface area (Å²) in [6, 6.07) is 0. The van der Waals surface area contributed by atoms with Crippen molar-refractivity contribution >= 4 is 14.0 Å². The van der Waals surface area contributed by atoms with Crippen molar-refractivity contribution in [3.63, 3.8) is 0 Å². The van der Waals surface area contributed by atoms with Gasteiger partial charge in [0, 0.05) is 0 Å². The van der Waals surface area contributed by atoms with E-state index in [1.165, 1.54) is 7.11 Å². The van der Waals surface area contributed by atoms with Gasteiger partial charge in [-0.25, -0.2) is 14.6 Å². The fraction of sp³-hybridized carbons (Fsp3) is 0.700.